The van der Waals surface area contributed by atoms with Crippen LogP contribution in [0.5, 0.6) is 0 Å². The maximum Gasteiger partial charge on any atom is 0.328 e. The summed E-state index contributed by atoms with van der Waals surface area (Å²) in [5, 5.41) is 11.5. The van der Waals surface area contributed by atoms with Crippen LogP contribution in [0.4, 0.5) is 10.6 Å². The molecule has 134 valence electrons. The number of aromatic nitrogens is 1. The number of nitrogens with one attached hydrogen (secondary N) is 1. The SMILES string of the molecule is O=C(O)/C=C/c1cnc2c(c1)CN(CCCN1CCOCC1)C(=O)N2. The second kappa shape index (κ2) is 8.09. The first kappa shape index (κ1) is 17.4. The summed E-state index contributed by atoms with van der Waals surface area (Å²) in [6.45, 7) is 5.52. The number of aliphatic carboxylic acids is 1. The molecule has 2 aliphatic heterocycles. The minimum absolute atomic E-state index is 0.143. The number of nitrogens with zero attached hydrogens (tertiary/aromatic N) is 3. The average molecular weight is 346 g/mol. The normalized spacial score (nSPS) is 18.2. The highest BCUT2D eigenvalue weighted by Crippen LogP contribution is 2.22. The second-order valence-corrected chi connectivity index (χ2v) is 6.11. The van der Waals surface area contributed by atoms with Crippen LogP contribution in [0.3, 0.4) is 0 Å². The summed E-state index contributed by atoms with van der Waals surface area (Å²) >= 11 is 0. The summed E-state index contributed by atoms with van der Waals surface area (Å²) in [6, 6.07) is 1.71. The maximum absolute atomic E-state index is 12.2. The van der Waals surface area contributed by atoms with Crippen LogP contribution in [-0.4, -0.2) is 71.3 Å². The molecule has 8 heteroatoms. The van der Waals surface area contributed by atoms with E-state index in [4.69, 9.17) is 9.84 Å². The first-order valence-corrected chi connectivity index (χ1v) is 8.38. The Hall–Kier alpha value is -2.45. The van der Waals surface area contributed by atoms with Crippen LogP contribution in [0.25, 0.3) is 6.08 Å². The van der Waals surface area contributed by atoms with Crippen molar-refractivity contribution in [1.82, 2.24) is 14.8 Å². The van der Waals surface area contributed by atoms with Gasteiger partial charge in [0.1, 0.15) is 5.82 Å². The Morgan fingerprint density at radius 3 is 2.92 bits per heavy atom. The Kier molecular flexibility index (Phi) is 5.62. The number of rotatable bonds is 6. The number of urea groups is 1. The molecule has 2 amide bonds. The zero-order valence-electron chi connectivity index (χ0n) is 14.0. The Balaban J connectivity index is 1.57. The highest BCUT2D eigenvalue weighted by Gasteiger charge is 2.23. The summed E-state index contributed by atoms with van der Waals surface area (Å²) in [5.74, 6) is -0.460. The molecule has 1 fully saturated rings. The van der Waals surface area contributed by atoms with E-state index in [2.05, 4.69) is 15.2 Å². The number of hydrogen-bond donors (Lipinski definition) is 2. The van der Waals surface area contributed by atoms with Crippen LogP contribution >= 0.6 is 0 Å². The molecule has 3 rings (SSSR count). The third kappa shape index (κ3) is 4.77. The Labute approximate surface area is 146 Å². The van der Waals surface area contributed by atoms with Gasteiger partial charge in [0.05, 0.1) is 19.8 Å². The molecule has 8 nitrogen and oxygen atoms in total. The molecule has 0 bridgehead atoms. The molecule has 2 aliphatic rings. The number of fused-ring (bicyclic) bond motifs is 1. The minimum Gasteiger partial charge on any atom is -0.478 e. The van der Waals surface area contributed by atoms with Crippen molar-refractivity contribution in [1.29, 1.82) is 0 Å². The van der Waals surface area contributed by atoms with Crippen LogP contribution in [0.15, 0.2) is 18.3 Å². The molecule has 1 aromatic rings. The van der Waals surface area contributed by atoms with Gasteiger partial charge in [0, 0.05) is 44.0 Å². The monoisotopic (exact) mass is 346 g/mol. The van der Waals surface area contributed by atoms with Crippen molar-refractivity contribution >= 4 is 23.9 Å². The fraction of sp³-hybridized carbons (Fsp3) is 0.471. The van der Waals surface area contributed by atoms with Crippen LogP contribution in [0.2, 0.25) is 0 Å². The van der Waals surface area contributed by atoms with E-state index in [0.29, 0.717) is 24.5 Å². The maximum atomic E-state index is 12.2. The van der Waals surface area contributed by atoms with Gasteiger partial charge in [-0.25, -0.2) is 14.6 Å². The number of carbonyl (C=O) groups is 2. The number of carbonyl (C=O) groups excluding carboxylic acids is 1. The van der Waals surface area contributed by atoms with Crippen molar-refractivity contribution in [3.63, 3.8) is 0 Å². The summed E-state index contributed by atoms with van der Waals surface area (Å²) in [6.07, 6.45) is 5.02. The lowest BCUT2D eigenvalue weighted by Gasteiger charge is -2.31. The molecule has 0 saturated carbocycles. The first-order chi connectivity index (χ1) is 12.1. The number of ether oxygens (including phenoxy) is 1. The van der Waals surface area contributed by atoms with Gasteiger partial charge in [-0.1, -0.05) is 0 Å². The van der Waals surface area contributed by atoms with Crippen LogP contribution in [0.1, 0.15) is 17.5 Å². The average Bonchev–Trinajstić information content (AvgIpc) is 2.61. The zero-order valence-corrected chi connectivity index (χ0v) is 14.0. The standard InChI is InChI=1S/C17H22N4O4/c22-15(23)3-2-13-10-14-12-21(17(24)19-16(14)18-11-13)5-1-4-20-6-8-25-9-7-20/h2-3,10-11H,1,4-9,12H2,(H,22,23)(H,18,19,24)/b3-2+. The summed E-state index contributed by atoms with van der Waals surface area (Å²) in [4.78, 5) is 31.1. The number of hydrogen-bond acceptors (Lipinski definition) is 5. The smallest absolute Gasteiger partial charge is 0.328 e. The lowest BCUT2D eigenvalue weighted by atomic mass is 10.1. The lowest BCUT2D eigenvalue weighted by molar-refractivity contribution is -0.131. The molecule has 25 heavy (non-hydrogen) atoms. The van der Waals surface area contributed by atoms with Crippen molar-refractivity contribution in [2.24, 2.45) is 0 Å². The van der Waals surface area contributed by atoms with E-state index in [1.165, 1.54) is 6.08 Å². The summed E-state index contributed by atoms with van der Waals surface area (Å²) in [7, 11) is 0. The van der Waals surface area contributed by atoms with Crippen LogP contribution in [0, 0.1) is 0 Å². The molecule has 0 unspecified atom stereocenters. The van der Waals surface area contributed by atoms with Gasteiger partial charge in [0.15, 0.2) is 0 Å². The number of amides is 2. The molecule has 0 spiro atoms. The Morgan fingerprint density at radius 2 is 2.16 bits per heavy atom. The molecule has 0 aromatic carbocycles. The predicted molar refractivity (Wildman–Crippen MR) is 92.2 cm³/mol. The highest BCUT2D eigenvalue weighted by atomic mass is 16.5. The first-order valence-electron chi connectivity index (χ1n) is 8.38. The van der Waals surface area contributed by atoms with Gasteiger partial charge in [-0.2, -0.15) is 0 Å². The Morgan fingerprint density at radius 1 is 1.36 bits per heavy atom. The number of pyridine rings is 1. The summed E-state index contributed by atoms with van der Waals surface area (Å²) in [5.41, 5.74) is 1.59. The van der Waals surface area contributed by atoms with E-state index in [9.17, 15) is 9.59 Å². The van der Waals surface area contributed by atoms with E-state index < -0.39 is 5.97 Å². The quantitative estimate of drug-likeness (QED) is 0.753. The van der Waals surface area contributed by atoms with E-state index in [0.717, 1.165) is 50.9 Å². The van der Waals surface area contributed by atoms with Gasteiger partial charge in [-0.05, 0) is 24.1 Å². The van der Waals surface area contributed by atoms with Gasteiger partial charge in [0.2, 0.25) is 0 Å². The van der Waals surface area contributed by atoms with Crippen molar-refractivity contribution in [3.8, 4) is 0 Å². The van der Waals surface area contributed by atoms with Crippen molar-refractivity contribution in [2.75, 3.05) is 44.7 Å². The van der Waals surface area contributed by atoms with E-state index >= 15 is 0 Å². The summed E-state index contributed by atoms with van der Waals surface area (Å²) < 4.78 is 5.33. The third-order valence-corrected chi connectivity index (χ3v) is 4.29. The predicted octanol–water partition coefficient (Wildman–Crippen LogP) is 1.25. The van der Waals surface area contributed by atoms with Crippen molar-refractivity contribution in [2.45, 2.75) is 13.0 Å². The number of carboxylic acid groups (broad SMARTS) is 1. The topological polar surface area (TPSA) is 95.0 Å². The molecule has 0 aliphatic carbocycles. The largest absolute Gasteiger partial charge is 0.478 e. The van der Waals surface area contributed by atoms with Gasteiger partial charge >= 0.3 is 12.0 Å². The minimum atomic E-state index is -1.00. The number of anilines is 1. The number of morpholine rings is 1. The van der Waals surface area contributed by atoms with Crippen molar-refractivity contribution < 1.29 is 19.4 Å². The van der Waals surface area contributed by atoms with Crippen molar-refractivity contribution in [3.05, 3.63) is 29.5 Å². The molecule has 0 atom stereocenters. The molecule has 3 heterocycles. The van der Waals surface area contributed by atoms with Gasteiger partial charge in [-0.15, -0.1) is 0 Å². The fourth-order valence-corrected chi connectivity index (χ4v) is 2.97. The molecule has 1 aromatic heterocycles. The molecular weight excluding hydrogens is 324 g/mol. The number of carboxylic acids is 1. The third-order valence-electron chi connectivity index (χ3n) is 4.29. The van der Waals surface area contributed by atoms with Gasteiger partial charge in [-0.3, -0.25) is 10.2 Å². The molecule has 1 saturated heterocycles. The van der Waals surface area contributed by atoms with Crippen LogP contribution < -0.4 is 5.32 Å². The van der Waals surface area contributed by atoms with Gasteiger partial charge in [0.25, 0.3) is 0 Å². The fourth-order valence-electron chi connectivity index (χ4n) is 2.97. The lowest BCUT2D eigenvalue weighted by Crippen LogP contribution is -2.42. The Bertz CT molecular complexity index is 671. The highest BCUT2D eigenvalue weighted by molar-refractivity contribution is 5.91. The van der Waals surface area contributed by atoms with E-state index in [1.807, 2.05) is 6.07 Å². The van der Waals surface area contributed by atoms with Gasteiger partial charge < -0.3 is 14.7 Å². The van der Waals surface area contributed by atoms with E-state index in [-0.39, 0.29) is 6.03 Å². The van der Waals surface area contributed by atoms with E-state index in [1.54, 1.807) is 11.1 Å². The zero-order chi connectivity index (χ0) is 17.6. The molecule has 0 radical (unpaired) electrons. The molecular formula is C17H22N4O4. The van der Waals surface area contributed by atoms with Crippen LogP contribution in [-0.2, 0) is 16.1 Å². The second-order valence-electron chi connectivity index (χ2n) is 6.11. The molecule has 2 N–H and O–H groups in total.